The van der Waals surface area contributed by atoms with Crippen molar-refractivity contribution in [3.05, 3.63) is 34.9 Å². The molecule has 0 aromatic heterocycles. The Morgan fingerprint density at radius 2 is 2.31 bits per heavy atom. The van der Waals surface area contributed by atoms with Crippen LogP contribution in [0.25, 0.3) is 0 Å². The number of benzene rings is 1. The van der Waals surface area contributed by atoms with E-state index in [1.165, 1.54) is 16.8 Å². The summed E-state index contributed by atoms with van der Waals surface area (Å²) < 4.78 is 0. The number of carbonyl (C=O) groups excluding carboxylic acids is 1. The molecule has 2 N–H and O–H groups in total. The van der Waals surface area contributed by atoms with Crippen LogP contribution in [0.15, 0.2) is 23.2 Å². The van der Waals surface area contributed by atoms with Crippen LogP contribution in [0.4, 0.5) is 0 Å². The lowest BCUT2D eigenvalue weighted by Gasteiger charge is -2.17. The van der Waals surface area contributed by atoms with Gasteiger partial charge < -0.3 is 5.73 Å². The Hall–Kier alpha value is -1.64. The molecule has 3 nitrogen and oxygen atoms in total. The Morgan fingerprint density at radius 3 is 3.12 bits per heavy atom. The molecule has 3 heteroatoms. The first-order chi connectivity index (χ1) is 7.75. The summed E-state index contributed by atoms with van der Waals surface area (Å²) in [7, 11) is 0. The molecule has 0 fully saturated rings. The Kier molecular flexibility index (Phi) is 2.06. The van der Waals surface area contributed by atoms with Crippen molar-refractivity contribution in [1.29, 1.82) is 0 Å². The van der Waals surface area contributed by atoms with E-state index >= 15 is 0 Å². The van der Waals surface area contributed by atoms with Gasteiger partial charge in [-0.25, -0.2) is 0 Å². The van der Waals surface area contributed by atoms with Gasteiger partial charge in [0.05, 0.1) is 0 Å². The number of hydrogen-bond acceptors (Lipinski definition) is 2. The van der Waals surface area contributed by atoms with E-state index in [9.17, 15) is 4.79 Å². The van der Waals surface area contributed by atoms with Crippen LogP contribution >= 0.6 is 0 Å². The molecule has 82 valence electrons. The molecule has 1 aromatic rings. The molecule has 1 aromatic carbocycles. The van der Waals surface area contributed by atoms with Crippen LogP contribution in [0, 0.1) is 0 Å². The van der Waals surface area contributed by atoms with Gasteiger partial charge >= 0.3 is 0 Å². The van der Waals surface area contributed by atoms with Crippen molar-refractivity contribution in [3.8, 4) is 0 Å². The molecule has 1 aliphatic carbocycles. The number of hydrogen-bond donors (Lipinski definition) is 1. The van der Waals surface area contributed by atoms with Gasteiger partial charge in [0.1, 0.15) is 0 Å². The smallest absolute Gasteiger partial charge is 0.248 e. The van der Waals surface area contributed by atoms with E-state index in [4.69, 9.17) is 5.73 Å². The highest BCUT2D eigenvalue weighted by molar-refractivity contribution is 5.99. The van der Waals surface area contributed by atoms with Crippen molar-refractivity contribution in [2.24, 2.45) is 10.7 Å². The second-order valence-corrected chi connectivity index (χ2v) is 4.52. The van der Waals surface area contributed by atoms with E-state index in [-0.39, 0.29) is 5.91 Å². The Balaban J connectivity index is 2.08. The fourth-order valence-electron chi connectivity index (χ4n) is 2.74. The summed E-state index contributed by atoms with van der Waals surface area (Å²) in [6, 6.07) is 5.80. The van der Waals surface area contributed by atoms with Crippen LogP contribution in [0.2, 0.25) is 0 Å². The first-order valence-corrected chi connectivity index (χ1v) is 5.71. The van der Waals surface area contributed by atoms with Gasteiger partial charge in [-0.1, -0.05) is 6.07 Å². The zero-order chi connectivity index (χ0) is 11.1. The van der Waals surface area contributed by atoms with Gasteiger partial charge in [-0.15, -0.1) is 0 Å². The SMILES string of the molecule is NC(=O)c1ccc2c(c1)C1CCCN=C1C2. The fourth-order valence-corrected chi connectivity index (χ4v) is 2.74. The average Bonchev–Trinajstić information content (AvgIpc) is 2.66. The highest BCUT2D eigenvalue weighted by Crippen LogP contribution is 2.37. The van der Waals surface area contributed by atoms with Gasteiger partial charge in [-0.3, -0.25) is 9.79 Å². The summed E-state index contributed by atoms with van der Waals surface area (Å²) in [4.78, 5) is 15.7. The van der Waals surface area contributed by atoms with Crippen LogP contribution in [-0.4, -0.2) is 18.2 Å². The molecular formula is C13H14N2O. The molecule has 16 heavy (non-hydrogen) atoms. The lowest BCUT2D eigenvalue weighted by molar-refractivity contribution is 0.1000. The summed E-state index contributed by atoms with van der Waals surface area (Å²) in [5, 5.41) is 0. The van der Waals surface area contributed by atoms with Crippen LogP contribution in [0.5, 0.6) is 0 Å². The minimum absolute atomic E-state index is 0.344. The molecule has 1 amide bonds. The van der Waals surface area contributed by atoms with Crippen molar-refractivity contribution in [3.63, 3.8) is 0 Å². The van der Waals surface area contributed by atoms with Gasteiger partial charge in [0, 0.05) is 30.2 Å². The number of nitrogens with two attached hydrogens (primary N) is 1. The normalized spacial score (nSPS) is 22.2. The zero-order valence-corrected chi connectivity index (χ0v) is 9.07. The molecule has 0 bridgehead atoms. The summed E-state index contributed by atoms with van der Waals surface area (Å²) in [6.07, 6.45) is 3.27. The maximum Gasteiger partial charge on any atom is 0.248 e. The van der Waals surface area contributed by atoms with Crippen molar-refractivity contribution < 1.29 is 4.79 Å². The number of amides is 1. The molecule has 1 unspecified atom stereocenters. The number of primary amides is 1. The van der Waals surface area contributed by atoms with E-state index < -0.39 is 0 Å². The Bertz CT molecular complexity index is 491. The molecule has 2 aliphatic rings. The maximum atomic E-state index is 11.2. The predicted octanol–water partition coefficient (Wildman–Crippen LogP) is 1.66. The summed E-state index contributed by atoms with van der Waals surface area (Å²) in [5.41, 5.74) is 9.81. The molecule has 1 heterocycles. The van der Waals surface area contributed by atoms with Gasteiger partial charge in [-0.2, -0.15) is 0 Å². The van der Waals surface area contributed by atoms with E-state index in [1.807, 2.05) is 18.2 Å². The first kappa shape index (κ1) is 9.58. The standard InChI is InChI=1S/C13H14N2O/c14-13(16)9-4-3-8-7-12-10(11(8)6-9)2-1-5-15-12/h3-4,6,10H,1-2,5,7H2,(H2,14,16). The van der Waals surface area contributed by atoms with Crippen LogP contribution in [0.3, 0.4) is 0 Å². The third-order valence-electron chi connectivity index (χ3n) is 3.55. The third-order valence-corrected chi connectivity index (χ3v) is 3.55. The van der Waals surface area contributed by atoms with Gasteiger partial charge in [0.25, 0.3) is 0 Å². The fraction of sp³-hybridized carbons (Fsp3) is 0.385. The summed E-state index contributed by atoms with van der Waals surface area (Å²) in [6.45, 7) is 0.961. The maximum absolute atomic E-state index is 11.2. The number of fused-ring (bicyclic) bond motifs is 3. The minimum Gasteiger partial charge on any atom is -0.366 e. The Labute approximate surface area is 94.4 Å². The number of nitrogens with zero attached hydrogens (tertiary/aromatic N) is 1. The third kappa shape index (κ3) is 1.35. The van der Waals surface area contributed by atoms with Gasteiger partial charge in [0.15, 0.2) is 0 Å². The largest absolute Gasteiger partial charge is 0.366 e. The van der Waals surface area contributed by atoms with Gasteiger partial charge in [-0.05, 0) is 36.1 Å². The minimum atomic E-state index is -0.344. The van der Waals surface area contributed by atoms with E-state index in [0.717, 1.165) is 25.8 Å². The van der Waals surface area contributed by atoms with Crippen LogP contribution in [0.1, 0.15) is 40.2 Å². The van der Waals surface area contributed by atoms with E-state index in [0.29, 0.717) is 11.5 Å². The molecule has 3 rings (SSSR count). The van der Waals surface area contributed by atoms with Crippen molar-refractivity contribution in [1.82, 2.24) is 0 Å². The number of carbonyl (C=O) groups is 1. The first-order valence-electron chi connectivity index (χ1n) is 5.71. The van der Waals surface area contributed by atoms with Crippen molar-refractivity contribution in [2.45, 2.75) is 25.2 Å². The van der Waals surface area contributed by atoms with Crippen molar-refractivity contribution in [2.75, 3.05) is 6.54 Å². The predicted molar refractivity (Wildman–Crippen MR) is 62.9 cm³/mol. The van der Waals surface area contributed by atoms with Crippen molar-refractivity contribution >= 4 is 11.6 Å². The molecule has 0 radical (unpaired) electrons. The highest BCUT2D eigenvalue weighted by Gasteiger charge is 2.30. The lowest BCUT2D eigenvalue weighted by Crippen LogP contribution is -2.14. The monoisotopic (exact) mass is 214 g/mol. The zero-order valence-electron chi connectivity index (χ0n) is 9.07. The molecule has 1 aliphatic heterocycles. The molecule has 0 saturated carbocycles. The average molecular weight is 214 g/mol. The molecule has 0 saturated heterocycles. The summed E-state index contributed by atoms with van der Waals surface area (Å²) in [5.74, 6) is 0.104. The molecular weight excluding hydrogens is 200 g/mol. The lowest BCUT2D eigenvalue weighted by atomic mass is 9.92. The quantitative estimate of drug-likeness (QED) is 0.759. The molecule has 0 spiro atoms. The summed E-state index contributed by atoms with van der Waals surface area (Å²) >= 11 is 0. The second-order valence-electron chi connectivity index (χ2n) is 4.52. The van der Waals surface area contributed by atoms with E-state index in [1.54, 1.807) is 0 Å². The topological polar surface area (TPSA) is 55.5 Å². The van der Waals surface area contributed by atoms with Gasteiger partial charge in [0.2, 0.25) is 5.91 Å². The van der Waals surface area contributed by atoms with Crippen LogP contribution < -0.4 is 5.73 Å². The number of rotatable bonds is 1. The number of aliphatic imine (C=N–C) groups is 1. The second kappa shape index (κ2) is 3.44. The highest BCUT2D eigenvalue weighted by atomic mass is 16.1. The molecule has 1 atom stereocenters. The van der Waals surface area contributed by atoms with Crippen LogP contribution in [-0.2, 0) is 6.42 Å². The Morgan fingerprint density at radius 1 is 1.44 bits per heavy atom. The van der Waals surface area contributed by atoms with E-state index in [2.05, 4.69) is 4.99 Å².